The van der Waals surface area contributed by atoms with E-state index in [1.54, 1.807) is 0 Å². The van der Waals surface area contributed by atoms with Crippen molar-refractivity contribution in [2.75, 3.05) is 0 Å². The van der Waals surface area contributed by atoms with Crippen molar-refractivity contribution in [2.45, 2.75) is 76.2 Å². The van der Waals surface area contributed by atoms with Gasteiger partial charge in [-0.15, -0.1) is 0 Å². The Kier molecular flexibility index (Phi) is 4.12. The van der Waals surface area contributed by atoms with Crippen molar-refractivity contribution in [3.05, 3.63) is 23.3 Å². The van der Waals surface area contributed by atoms with Gasteiger partial charge < -0.3 is 5.73 Å². The number of hydrogen-bond acceptors (Lipinski definition) is 3. The number of nitrogens with zero attached hydrogens (tertiary/aromatic N) is 2. The number of aromatic nitrogens is 2. The molecule has 1 fully saturated rings. The zero-order valence-corrected chi connectivity index (χ0v) is 11.8. The van der Waals surface area contributed by atoms with E-state index in [1.807, 2.05) is 6.20 Å². The largest absolute Gasteiger partial charge is 0.324 e. The summed E-state index contributed by atoms with van der Waals surface area (Å²) in [4.78, 5) is 9.52. The molecule has 3 heteroatoms. The normalized spacial score (nSPS) is 25.4. The molecule has 0 radical (unpaired) electrons. The van der Waals surface area contributed by atoms with Gasteiger partial charge in [-0.3, -0.25) is 0 Å². The van der Waals surface area contributed by atoms with Gasteiger partial charge >= 0.3 is 0 Å². The quantitative estimate of drug-likeness (QED) is 0.837. The Bertz CT molecular complexity index is 422. The fourth-order valence-electron chi connectivity index (χ4n) is 3.51. The van der Waals surface area contributed by atoms with E-state index >= 15 is 0 Å². The van der Waals surface area contributed by atoms with Crippen LogP contribution in [0.1, 0.15) is 86.8 Å². The first kappa shape index (κ1) is 13.0. The molecule has 104 valence electrons. The van der Waals surface area contributed by atoms with Crippen molar-refractivity contribution in [3.63, 3.8) is 0 Å². The molecule has 0 bridgehead atoms. The van der Waals surface area contributed by atoms with Crippen molar-refractivity contribution in [1.82, 2.24) is 9.97 Å². The molecule has 1 saturated carbocycles. The van der Waals surface area contributed by atoms with E-state index in [1.165, 1.54) is 62.6 Å². The van der Waals surface area contributed by atoms with Gasteiger partial charge in [-0.1, -0.05) is 32.1 Å². The number of hydrogen-bond donors (Lipinski definition) is 1. The maximum Gasteiger partial charge on any atom is 0.131 e. The summed E-state index contributed by atoms with van der Waals surface area (Å²) in [6, 6.07) is 0.162. The highest BCUT2D eigenvalue weighted by molar-refractivity contribution is 5.24. The predicted octanol–water partition coefficient (Wildman–Crippen LogP) is 3.64. The summed E-state index contributed by atoms with van der Waals surface area (Å²) in [6.07, 6.45) is 14.7. The Morgan fingerprint density at radius 1 is 0.947 bits per heavy atom. The molecule has 2 aliphatic rings. The molecule has 19 heavy (non-hydrogen) atoms. The zero-order chi connectivity index (χ0) is 13.1. The first-order chi connectivity index (χ1) is 9.34. The van der Waals surface area contributed by atoms with E-state index in [9.17, 15) is 0 Å². The van der Waals surface area contributed by atoms with Crippen LogP contribution in [-0.4, -0.2) is 9.97 Å². The minimum atomic E-state index is 0.162. The summed E-state index contributed by atoms with van der Waals surface area (Å²) in [5.74, 6) is 1.68. The highest BCUT2D eigenvalue weighted by atomic mass is 14.9. The Labute approximate surface area is 116 Å². The number of rotatable bonds is 1. The average Bonchev–Trinajstić information content (AvgIpc) is 2.38. The summed E-state index contributed by atoms with van der Waals surface area (Å²) in [7, 11) is 0. The van der Waals surface area contributed by atoms with E-state index in [2.05, 4.69) is 4.98 Å². The molecule has 0 aliphatic heterocycles. The lowest BCUT2D eigenvalue weighted by atomic mass is 9.89. The SMILES string of the molecule is NC1CCCc2nc(C3CCCCCCC3)ncc21. The van der Waals surface area contributed by atoms with Crippen LogP contribution in [0, 0.1) is 0 Å². The summed E-state index contributed by atoms with van der Waals surface area (Å²) in [6.45, 7) is 0. The van der Waals surface area contributed by atoms with Crippen LogP contribution in [0.2, 0.25) is 0 Å². The second kappa shape index (κ2) is 6.00. The molecule has 1 atom stereocenters. The summed E-state index contributed by atoms with van der Waals surface area (Å²) in [5.41, 5.74) is 8.56. The van der Waals surface area contributed by atoms with E-state index in [4.69, 9.17) is 10.7 Å². The molecule has 1 aromatic heterocycles. The monoisotopic (exact) mass is 259 g/mol. The highest BCUT2D eigenvalue weighted by Gasteiger charge is 2.22. The molecule has 2 N–H and O–H groups in total. The van der Waals surface area contributed by atoms with Gasteiger partial charge in [0.1, 0.15) is 5.82 Å². The van der Waals surface area contributed by atoms with Gasteiger partial charge in [-0.2, -0.15) is 0 Å². The molecule has 0 spiro atoms. The molecular weight excluding hydrogens is 234 g/mol. The standard InChI is InChI=1S/C16H25N3/c17-14-9-6-10-15-13(14)11-18-16(19-15)12-7-4-2-1-3-5-8-12/h11-12,14H,1-10,17H2. The Balaban J connectivity index is 1.80. The van der Waals surface area contributed by atoms with E-state index in [0.717, 1.165) is 18.7 Å². The van der Waals surface area contributed by atoms with Crippen LogP contribution in [0.4, 0.5) is 0 Å². The van der Waals surface area contributed by atoms with Crippen LogP contribution >= 0.6 is 0 Å². The molecule has 1 heterocycles. The number of fused-ring (bicyclic) bond motifs is 1. The van der Waals surface area contributed by atoms with E-state index in [0.29, 0.717) is 5.92 Å². The van der Waals surface area contributed by atoms with Crippen molar-refractivity contribution < 1.29 is 0 Å². The molecule has 3 nitrogen and oxygen atoms in total. The second-order valence-corrected chi connectivity index (χ2v) is 6.17. The van der Waals surface area contributed by atoms with Gasteiger partial charge in [0.15, 0.2) is 0 Å². The second-order valence-electron chi connectivity index (χ2n) is 6.17. The van der Waals surface area contributed by atoms with Gasteiger partial charge in [0, 0.05) is 29.4 Å². The third kappa shape index (κ3) is 2.97. The molecule has 1 aromatic rings. The topological polar surface area (TPSA) is 51.8 Å². The van der Waals surface area contributed by atoms with Crippen molar-refractivity contribution >= 4 is 0 Å². The van der Waals surface area contributed by atoms with Crippen LogP contribution in [0.25, 0.3) is 0 Å². The first-order valence-corrected chi connectivity index (χ1v) is 7.96. The smallest absolute Gasteiger partial charge is 0.131 e. The minimum absolute atomic E-state index is 0.162. The zero-order valence-electron chi connectivity index (χ0n) is 11.8. The number of nitrogens with two attached hydrogens (primary N) is 1. The molecular formula is C16H25N3. The number of aryl methyl sites for hydroxylation is 1. The Morgan fingerprint density at radius 2 is 1.68 bits per heavy atom. The van der Waals surface area contributed by atoms with E-state index < -0.39 is 0 Å². The van der Waals surface area contributed by atoms with Gasteiger partial charge in [-0.25, -0.2) is 9.97 Å². The predicted molar refractivity (Wildman–Crippen MR) is 77.0 cm³/mol. The lowest BCUT2D eigenvalue weighted by Gasteiger charge is -2.23. The minimum Gasteiger partial charge on any atom is -0.324 e. The fourth-order valence-corrected chi connectivity index (χ4v) is 3.51. The first-order valence-electron chi connectivity index (χ1n) is 7.96. The van der Waals surface area contributed by atoms with Crippen molar-refractivity contribution in [2.24, 2.45) is 5.73 Å². The van der Waals surface area contributed by atoms with Crippen LogP contribution in [0.3, 0.4) is 0 Å². The van der Waals surface area contributed by atoms with Crippen molar-refractivity contribution in [3.8, 4) is 0 Å². The summed E-state index contributed by atoms with van der Waals surface area (Å²) >= 11 is 0. The highest BCUT2D eigenvalue weighted by Crippen LogP contribution is 2.31. The van der Waals surface area contributed by atoms with Gasteiger partial charge in [-0.05, 0) is 32.1 Å². The van der Waals surface area contributed by atoms with Gasteiger partial charge in [0.2, 0.25) is 0 Å². The lowest BCUT2D eigenvalue weighted by Crippen LogP contribution is -2.20. The van der Waals surface area contributed by atoms with Crippen LogP contribution in [-0.2, 0) is 6.42 Å². The van der Waals surface area contributed by atoms with Crippen molar-refractivity contribution in [1.29, 1.82) is 0 Å². The Hall–Kier alpha value is -0.960. The maximum atomic E-state index is 6.14. The fraction of sp³-hybridized carbons (Fsp3) is 0.750. The molecule has 0 aromatic carbocycles. The lowest BCUT2D eigenvalue weighted by molar-refractivity contribution is 0.438. The van der Waals surface area contributed by atoms with Gasteiger partial charge in [0.05, 0.1) is 0 Å². The molecule has 3 rings (SSSR count). The third-order valence-corrected chi connectivity index (χ3v) is 4.72. The van der Waals surface area contributed by atoms with Crippen LogP contribution < -0.4 is 5.73 Å². The molecule has 0 saturated heterocycles. The Morgan fingerprint density at radius 3 is 2.47 bits per heavy atom. The summed E-state index contributed by atoms with van der Waals surface area (Å²) < 4.78 is 0. The summed E-state index contributed by atoms with van der Waals surface area (Å²) in [5, 5.41) is 0. The third-order valence-electron chi connectivity index (χ3n) is 4.72. The van der Waals surface area contributed by atoms with Crippen LogP contribution in [0.15, 0.2) is 6.20 Å². The van der Waals surface area contributed by atoms with Crippen LogP contribution in [0.5, 0.6) is 0 Å². The van der Waals surface area contributed by atoms with Gasteiger partial charge in [0.25, 0.3) is 0 Å². The molecule has 0 amide bonds. The maximum absolute atomic E-state index is 6.14. The average molecular weight is 259 g/mol. The van der Waals surface area contributed by atoms with E-state index in [-0.39, 0.29) is 6.04 Å². The molecule has 2 aliphatic carbocycles. The molecule has 1 unspecified atom stereocenters.